The Labute approximate surface area is 193 Å². The first kappa shape index (κ1) is 22.2. The molecule has 2 aromatic carbocycles. The molecule has 0 aliphatic rings. The summed E-state index contributed by atoms with van der Waals surface area (Å²) in [7, 11) is 0. The van der Waals surface area contributed by atoms with Gasteiger partial charge in [-0.25, -0.2) is 9.97 Å². The Morgan fingerprint density at radius 2 is 1.67 bits per heavy atom. The van der Waals surface area contributed by atoms with Crippen LogP contribution in [0.15, 0.2) is 79.1 Å². The van der Waals surface area contributed by atoms with Gasteiger partial charge in [-0.05, 0) is 23.3 Å². The highest BCUT2D eigenvalue weighted by Gasteiger charge is 2.22. The number of para-hydroxylation sites is 1. The van der Waals surface area contributed by atoms with Gasteiger partial charge in [-0.15, -0.1) is 0 Å². The van der Waals surface area contributed by atoms with Gasteiger partial charge in [-0.3, -0.25) is 4.79 Å². The number of hydrogen-bond donors (Lipinski definition) is 1. The molecule has 0 spiro atoms. The Morgan fingerprint density at radius 1 is 0.970 bits per heavy atom. The molecule has 0 fully saturated rings. The lowest BCUT2D eigenvalue weighted by atomic mass is 9.92. The van der Waals surface area contributed by atoms with E-state index in [1.165, 1.54) is 5.56 Å². The molecule has 0 unspecified atom stereocenters. The second kappa shape index (κ2) is 9.65. The van der Waals surface area contributed by atoms with E-state index in [0.29, 0.717) is 17.5 Å². The summed E-state index contributed by atoms with van der Waals surface area (Å²) >= 11 is 0. The van der Waals surface area contributed by atoms with E-state index in [9.17, 15) is 4.79 Å². The minimum atomic E-state index is -0.290. The Kier molecular flexibility index (Phi) is 6.49. The van der Waals surface area contributed by atoms with E-state index in [1.807, 2.05) is 48.5 Å². The molecule has 2 heterocycles. The second-order valence-electron chi connectivity index (χ2n) is 8.73. The normalized spacial score (nSPS) is 11.2. The number of carbonyl (C=O) groups is 1. The third-order valence-electron chi connectivity index (χ3n) is 5.06. The van der Waals surface area contributed by atoms with Crippen molar-refractivity contribution in [1.82, 2.24) is 19.7 Å². The van der Waals surface area contributed by atoms with Crippen LogP contribution in [0.5, 0.6) is 5.75 Å². The summed E-state index contributed by atoms with van der Waals surface area (Å²) in [5.74, 6) is 1.28. The smallest absolute Gasteiger partial charge is 0.263 e. The summed E-state index contributed by atoms with van der Waals surface area (Å²) in [5, 5.41) is 7.52. The molecule has 168 valence electrons. The molecule has 7 nitrogen and oxygen atoms in total. The average molecular weight is 442 g/mol. The van der Waals surface area contributed by atoms with Crippen molar-refractivity contribution in [3.05, 3.63) is 95.9 Å². The number of carbonyl (C=O) groups excluding carboxylic acids is 1. The summed E-state index contributed by atoms with van der Waals surface area (Å²) in [4.78, 5) is 21.3. The maximum absolute atomic E-state index is 12.8. The number of amides is 1. The number of ether oxygens (including phenoxy) is 1. The Balaban J connectivity index is 1.49. The highest BCUT2D eigenvalue weighted by Crippen LogP contribution is 2.26. The van der Waals surface area contributed by atoms with Crippen LogP contribution in [-0.4, -0.2) is 32.3 Å². The van der Waals surface area contributed by atoms with Crippen molar-refractivity contribution in [3.63, 3.8) is 0 Å². The molecule has 0 atom stereocenters. The van der Waals surface area contributed by atoms with Crippen molar-refractivity contribution in [3.8, 4) is 11.7 Å². The first-order valence-corrected chi connectivity index (χ1v) is 10.8. The van der Waals surface area contributed by atoms with Gasteiger partial charge >= 0.3 is 0 Å². The van der Waals surface area contributed by atoms with Gasteiger partial charge in [-0.2, -0.15) is 9.78 Å². The van der Waals surface area contributed by atoms with Gasteiger partial charge in [0.2, 0.25) is 0 Å². The molecule has 0 saturated carbocycles. The van der Waals surface area contributed by atoms with E-state index in [4.69, 9.17) is 4.74 Å². The quantitative estimate of drug-likeness (QED) is 0.454. The zero-order valence-corrected chi connectivity index (χ0v) is 19.0. The lowest BCUT2D eigenvalue weighted by Gasteiger charge is -2.13. The van der Waals surface area contributed by atoms with Crippen molar-refractivity contribution in [1.29, 1.82) is 0 Å². The van der Waals surface area contributed by atoms with Gasteiger partial charge in [-0.1, -0.05) is 69.3 Å². The molecule has 1 amide bonds. The lowest BCUT2D eigenvalue weighted by Crippen LogP contribution is -2.22. The molecule has 0 bridgehead atoms. The second-order valence-corrected chi connectivity index (χ2v) is 8.73. The first-order chi connectivity index (χ1) is 15.9. The van der Waals surface area contributed by atoms with Crippen LogP contribution in [0.1, 0.15) is 37.6 Å². The molecule has 4 aromatic rings. The van der Waals surface area contributed by atoms with E-state index in [-0.39, 0.29) is 17.9 Å². The standard InChI is InChI=1S/C26H27N5O2/c1-26(2,3)22-17-23(31(30-22)25-27-14-9-15-28-25)29-24(32)18-33-21-13-8-7-12-20(21)16-19-10-5-4-6-11-19/h4-15,17H,16,18H2,1-3H3,(H,29,32). The van der Waals surface area contributed by atoms with E-state index < -0.39 is 0 Å². The predicted octanol–water partition coefficient (Wildman–Crippen LogP) is 4.57. The van der Waals surface area contributed by atoms with Crippen LogP contribution in [0, 0.1) is 0 Å². The monoisotopic (exact) mass is 441 g/mol. The average Bonchev–Trinajstić information content (AvgIpc) is 3.24. The van der Waals surface area contributed by atoms with E-state index >= 15 is 0 Å². The zero-order valence-electron chi connectivity index (χ0n) is 19.0. The molecule has 4 rings (SSSR count). The summed E-state index contributed by atoms with van der Waals surface area (Å²) in [6.07, 6.45) is 4.00. The van der Waals surface area contributed by atoms with E-state index in [2.05, 4.69) is 53.3 Å². The van der Waals surface area contributed by atoms with Crippen molar-refractivity contribution in [2.45, 2.75) is 32.6 Å². The largest absolute Gasteiger partial charge is 0.483 e. The van der Waals surface area contributed by atoms with Gasteiger partial charge in [0.25, 0.3) is 11.9 Å². The highest BCUT2D eigenvalue weighted by atomic mass is 16.5. The van der Waals surface area contributed by atoms with E-state index in [0.717, 1.165) is 17.7 Å². The molecule has 0 aliphatic carbocycles. The van der Waals surface area contributed by atoms with Gasteiger partial charge in [0.1, 0.15) is 11.6 Å². The Hall–Kier alpha value is -4.00. The fourth-order valence-corrected chi connectivity index (χ4v) is 3.32. The molecule has 0 radical (unpaired) electrons. The molecule has 0 saturated heterocycles. The SMILES string of the molecule is CC(C)(C)c1cc(NC(=O)COc2ccccc2Cc2ccccc2)n(-c2ncccn2)n1. The maximum atomic E-state index is 12.8. The fraction of sp³-hybridized carbons (Fsp3) is 0.231. The van der Waals surface area contributed by atoms with Gasteiger partial charge in [0.05, 0.1) is 5.69 Å². The van der Waals surface area contributed by atoms with Gasteiger partial charge in [0, 0.05) is 30.3 Å². The first-order valence-electron chi connectivity index (χ1n) is 10.8. The molecule has 7 heteroatoms. The third kappa shape index (κ3) is 5.63. The molecule has 2 aromatic heterocycles. The number of aromatic nitrogens is 4. The summed E-state index contributed by atoms with van der Waals surface area (Å²) in [6, 6.07) is 21.5. The van der Waals surface area contributed by atoms with Crippen molar-refractivity contribution in [2.75, 3.05) is 11.9 Å². The van der Waals surface area contributed by atoms with Gasteiger partial charge in [0.15, 0.2) is 6.61 Å². The summed E-state index contributed by atoms with van der Waals surface area (Å²) < 4.78 is 7.43. The van der Waals surface area contributed by atoms with Crippen LogP contribution in [0.2, 0.25) is 0 Å². The number of hydrogen-bond acceptors (Lipinski definition) is 5. The summed E-state index contributed by atoms with van der Waals surface area (Å²) in [5.41, 5.74) is 2.82. The third-order valence-corrected chi connectivity index (χ3v) is 5.06. The summed E-state index contributed by atoms with van der Waals surface area (Å²) in [6.45, 7) is 6.05. The van der Waals surface area contributed by atoms with Crippen LogP contribution in [0.3, 0.4) is 0 Å². The van der Waals surface area contributed by atoms with Crippen molar-refractivity contribution in [2.24, 2.45) is 0 Å². The van der Waals surface area contributed by atoms with Crippen LogP contribution >= 0.6 is 0 Å². The number of nitrogens with zero attached hydrogens (tertiary/aromatic N) is 4. The molecule has 1 N–H and O–H groups in total. The fourth-order valence-electron chi connectivity index (χ4n) is 3.32. The number of rotatable bonds is 7. The topological polar surface area (TPSA) is 81.9 Å². The number of anilines is 1. The van der Waals surface area contributed by atoms with Crippen LogP contribution in [-0.2, 0) is 16.6 Å². The molecule has 33 heavy (non-hydrogen) atoms. The Morgan fingerprint density at radius 3 is 2.39 bits per heavy atom. The number of benzene rings is 2. The van der Waals surface area contributed by atoms with Crippen molar-refractivity contribution >= 4 is 11.7 Å². The van der Waals surface area contributed by atoms with Crippen LogP contribution in [0.4, 0.5) is 5.82 Å². The van der Waals surface area contributed by atoms with E-state index in [1.54, 1.807) is 23.1 Å². The predicted molar refractivity (Wildman–Crippen MR) is 128 cm³/mol. The Bertz CT molecular complexity index is 1210. The highest BCUT2D eigenvalue weighted by molar-refractivity contribution is 5.91. The molecular weight excluding hydrogens is 414 g/mol. The minimum Gasteiger partial charge on any atom is -0.483 e. The van der Waals surface area contributed by atoms with Gasteiger partial charge < -0.3 is 10.1 Å². The molecular formula is C26H27N5O2. The van der Waals surface area contributed by atoms with Crippen molar-refractivity contribution < 1.29 is 9.53 Å². The lowest BCUT2D eigenvalue weighted by molar-refractivity contribution is -0.118. The van der Waals surface area contributed by atoms with Crippen LogP contribution in [0.25, 0.3) is 5.95 Å². The number of nitrogens with one attached hydrogen (secondary N) is 1. The molecule has 0 aliphatic heterocycles. The minimum absolute atomic E-state index is 0.127. The van der Waals surface area contributed by atoms with Crippen LogP contribution < -0.4 is 10.1 Å². The zero-order chi connectivity index (χ0) is 23.3. The maximum Gasteiger partial charge on any atom is 0.263 e.